The zero-order valence-electron chi connectivity index (χ0n) is 7.75. The summed E-state index contributed by atoms with van der Waals surface area (Å²) >= 11 is 0. The van der Waals surface area contributed by atoms with E-state index in [2.05, 4.69) is 30.7 Å². The number of rotatable bonds is 1. The van der Waals surface area contributed by atoms with Gasteiger partial charge in [0.05, 0.1) is 0 Å². The van der Waals surface area contributed by atoms with Gasteiger partial charge >= 0.3 is 0 Å². The third-order valence-corrected chi connectivity index (χ3v) is 3.26. The van der Waals surface area contributed by atoms with E-state index < -0.39 is 0 Å². The molecular weight excluding hydrogens is 136 g/mol. The number of fused-ring (bicyclic) bond motifs is 1. The van der Waals surface area contributed by atoms with Crippen molar-refractivity contribution in [1.82, 2.24) is 9.80 Å². The predicted molar refractivity (Wildman–Crippen MR) is 46.7 cm³/mol. The number of likely N-dealkylation sites (N-methyl/N-ethyl adjacent to an activating group) is 1. The highest BCUT2D eigenvalue weighted by molar-refractivity contribution is 5.02. The van der Waals surface area contributed by atoms with Crippen molar-refractivity contribution in [2.75, 3.05) is 20.1 Å². The van der Waals surface area contributed by atoms with Crippen LogP contribution in [0.4, 0.5) is 0 Å². The molecule has 2 nitrogen and oxygen atoms in total. The van der Waals surface area contributed by atoms with E-state index in [-0.39, 0.29) is 0 Å². The van der Waals surface area contributed by atoms with Crippen molar-refractivity contribution in [2.45, 2.75) is 38.4 Å². The predicted octanol–water partition coefficient (Wildman–Crippen LogP) is 0.783. The Kier molecular flexibility index (Phi) is 1.69. The molecular formula is C9H18N2. The van der Waals surface area contributed by atoms with E-state index in [4.69, 9.17) is 0 Å². The van der Waals surface area contributed by atoms with Crippen LogP contribution in [-0.2, 0) is 0 Å². The Bertz CT molecular complexity index is 156. The fourth-order valence-corrected chi connectivity index (χ4v) is 2.53. The van der Waals surface area contributed by atoms with Crippen LogP contribution in [0.5, 0.6) is 0 Å². The second kappa shape index (κ2) is 2.46. The SMILES string of the molecule is CC(C)N1CCC2C1CN2C. The van der Waals surface area contributed by atoms with Gasteiger partial charge in [0.25, 0.3) is 0 Å². The van der Waals surface area contributed by atoms with E-state index in [1.54, 1.807) is 0 Å². The Balaban J connectivity index is 1.99. The first kappa shape index (κ1) is 7.56. The number of hydrogen-bond donors (Lipinski definition) is 0. The highest BCUT2D eigenvalue weighted by Gasteiger charge is 2.45. The fourth-order valence-electron chi connectivity index (χ4n) is 2.53. The minimum absolute atomic E-state index is 0.749. The number of nitrogens with zero attached hydrogens (tertiary/aromatic N) is 2. The number of likely N-dealkylation sites (tertiary alicyclic amines) is 2. The summed E-state index contributed by atoms with van der Waals surface area (Å²) in [7, 11) is 2.24. The minimum atomic E-state index is 0.749. The molecule has 0 aliphatic carbocycles. The second-order valence-electron chi connectivity index (χ2n) is 4.19. The van der Waals surface area contributed by atoms with Crippen molar-refractivity contribution >= 4 is 0 Å². The van der Waals surface area contributed by atoms with Crippen molar-refractivity contribution in [3.05, 3.63) is 0 Å². The van der Waals surface area contributed by atoms with Crippen molar-refractivity contribution in [3.63, 3.8) is 0 Å². The van der Waals surface area contributed by atoms with Crippen LogP contribution in [-0.4, -0.2) is 48.1 Å². The standard InChI is InChI=1S/C9H18N2/c1-7(2)11-5-4-8-9(11)6-10(8)3/h7-9H,4-6H2,1-3H3. The second-order valence-corrected chi connectivity index (χ2v) is 4.19. The molecule has 64 valence electrons. The average molecular weight is 154 g/mol. The largest absolute Gasteiger partial charge is 0.300 e. The van der Waals surface area contributed by atoms with E-state index in [0.717, 1.165) is 18.1 Å². The smallest absolute Gasteiger partial charge is 0.0381 e. The molecule has 2 heteroatoms. The lowest BCUT2D eigenvalue weighted by molar-refractivity contribution is 0.0323. The molecule has 0 bridgehead atoms. The molecule has 2 unspecified atom stereocenters. The van der Waals surface area contributed by atoms with Gasteiger partial charge in [0.15, 0.2) is 0 Å². The summed E-state index contributed by atoms with van der Waals surface area (Å²) < 4.78 is 0. The summed E-state index contributed by atoms with van der Waals surface area (Å²) in [5, 5.41) is 0. The van der Waals surface area contributed by atoms with Crippen molar-refractivity contribution in [1.29, 1.82) is 0 Å². The summed E-state index contributed by atoms with van der Waals surface area (Å²) in [5.74, 6) is 0. The Morgan fingerprint density at radius 3 is 2.45 bits per heavy atom. The van der Waals surface area contributed by atoms with Crippen molar-refractivity contribution in [2.24, 2.45) is 0 Å². The molecule has 2 aliphatic heterocycles. The molecule has 0 aromatic heterocycles. The molecule has 0 radical (unpaired) electrons. The molecule has 2 rings (SSSR count). The molecule has 2 fully saturated rings. The molecule has 0 spiro atoms. The molecule has 0 aromatic rings. The quantitative estimate of drug-likeness (QED) is 0.551. The van der Waals surface area contributed by atoms with Crippen LogP contribution in [0.3, 0.4) is 0 Å². The highest BCUT2D eigenvalue weighted by Crippen LogP contribution is 2.31. The van der Waals surface area contributed by atoms with Crippen LogP contribution in [0.2, 0.25) is 0 Å². The summed E-state index contributed by atoms with van der Waals surface area (Å²) in [5.41, 5.74) is 0. The molecule has 0 N–H and O–H groups in total. The van der Waals surface area contributed by atoms with Crippen molar-refractivity contribution < 1.29 is 0 Å². The highest BCUT2D eigenvalue weighted by atomic mass is 15.4. The van der Waals surface area contributed by atoms with Gasteiger partial charge < -0.3 is 4.90 Å². The van der Waals surface area contributed by atoms with E-state index in [1.807, 2.05) is 0 Å². The minimum Gasteiger partial charge on any atom is -0.300 e. The van der Waals surface area contributed by atoms with Gasteiger partial charge in [0.2, 0.25) is 0 Å². The van der Waals surface area contributed by atoms with Gasteiger partial charge in [-0.3, -0.25) is 4.90 Å². The van der Waals surface area contributed by atoms with Gasteiger partial charge in [-0.25, -0.2) is 0 Å². The van der Waals surface area contributed by atoms with Crippen LogP contribution in [0.1, 0.15) is 20.3 Å². The van der Waals surface area contributed by atoms with Crippen LogP contribution in [0.25, 0.3) is 0 Å². The maximum Gasteiger partial charge on any atom is 0.0381 e. The Morgan fingerprint density at radius 2 is 2.00 bits per heavy atom. The van der Waals surface area contributed by atoms with Gasteiger partial charge in [-0.2, -0.15) is 0 Å². The summed E-state index contributed by atoms with van der Waals surface area (Å²) in [4.78, 5) is 5.12. The fraction of sp³-hybridized carbons (Fsp3) is 1.00. The number of hydrogen-bond acceptors (Lipinski definition) is 2. The lowest BCUT2D eigenvalue weighted by Crippen LogP contribution is -2.60. The average Bonchev–Trinajstić information content (AvgIpc) is 2.25. The third-order valence-electron chi connectivity index (χ3n) is 3.26. The van der Waals surface area contributed by atoms with Crippen LogP contribution < -0.4 is 0 Å². The van der Waals surface area contributed by atoms with Gasteiger partial charge in [-0.05, 0) is 27.3 Å². The molecule has 0 aromatic carbocycles. The summed E-state index contributed by atoms with van der Waals surface area (Å²) in [6.45, 7) is 7.22. The van der Waals surface area contributed by atoms with E-state index in [9.17, 15) is 0 Å². The van der Waals surface area contributed by atoms with E-state index >= 15 is 0 Å². The first-order valence-electron chi connectivity index (χ1n) is 4.66. The first-order valence-corrected chi connectivity index (χ1v) is 4.66. The normalized spacial score (nSPS) is 39.3. The zero-order chi connectivity index (χ0) is 8.01. The third kappa shape index (κ3) is 1.00. The molecule has 2 aliphatic rings. The zero-order valence-corrected chi connectivity index (χ0v) is 7.75. The van der Waals surface area contributed by atoms with Gasteiger partial charge in [-0.15, -0.1) is 0 Å². The summed E-state index contributed by atoms with van der Waals surface area (Å²) in [6.07, 6.45) is 1.39. The molecule has 11 heavy (non-hydrogen) atoms. The Morgan fingerprint density at radius 1 is 1.27 bits per heavy atom. The van der Waals surface area contributed by atoms with Crippen LogP contribution in [0.15, 0.2) is 0 Å². The lowest BCUT2D eigenvalue weighted by Gasteiger charge is -2.46. The molecule has 0 amide bonds. The molecule has 2 saturated heterocycles. The van der Waals surface area contributed by atoms with Gasteiger partial charge in [0.1, 0.15) is 0 Å². The Hall–Kier alpha value is -0.0800. The van der Waals surface area contributed by atoms with Gasteiger partial charge in [0, 0.05) is 31.2 Å². The molecule has 0 saturated carbocycles. The maximum atomic E-state index is 2.64. The van der Waals surface area contributed by atoms with Crippen molar-refractivity contribution in [3.8, 4) is 0 Å². The van der Waals surface area contributed by atoms with E-state index in [1.165, 1.54) is 19.5 Å². The monoisotopic (exact) mass is 154 g/mol. The molecule has 2 atom stereocenters. The van der Waals surface area contributed by atoms with Crippen LogP contribution >= 0.6 is 0 Å². The lowest BCUT2D eigenvalue weighted by atomic mass is 9.98. The topological polar surface area (TPSA) is 6.48 Å². The maximum absolute atomic E-state index is 2.64. The van der Waals surface area contributed by atoms with Gasteiger partial charge in [-0.1, -0.05) is 0 Å². The molecule has 2 heterocycles. The summed E-state index contributed by atoms with van der Waals surface area (Å²) in [6, 6.07) is 2.52. The van der Waals surface area contributed by atoms with E-state index in [0.29, 0.717) is 0 Å². The Labute approximate surface area is 69.2 Å². The first-order chi connectivity index (χ1) is 5.20. The van der Waals surface area contributed by atoms with Crippen LogP contribution in [0, 0.1) is 0 Å².